The lowest BCUT2D eigenvalue weighted by molar-refractivity contribution is -0.384. The van der Waals surface area contributed by atoms with Gasteiger partial charge in [0.1, 0.15) is 9.84 Å². The monoisotopic (exact) mass is 399 g/mol. The molecule has 0 amide bonds. The topological polar surface area (TPSA) is 102 Å². The molecule has 1 N–H and O–H groups in total. The van der Waals surface area contributed by atoms with Crippen molar-refractivity contribution in [2.24, 2.45) is 0 Å². The van der Waals surface area contributed by atoms with E-state index in [-0.39, 0.29) is 17.3 Å². The lowest BCUT2D eigenvalue weighted by Crippen LogP contribution is -2.05. The third-order valence-electron chi connectivity index (χ3n) is 3.01. The molecule has 2 rings (SSSR count). The number of halogens is 1. The van der Waals surface area contributed by atoms with Crippen molar-refractivity contribution in [3.8, 4) is 0 Å². The second-order valence-corrected chi connectivity index (χ2v) is 8.16. The summed E-state index contributed by atoms with van der Waals surface area (Å²) < 4.78 is 22.8. The fourth-order valence-corrected chi connectivity index (χ4v) is 2.78. The third kappa shape index (κ3) is 5.29. The SMILES string of the molecule is CS(=O)(=O)CCc1ccc(Nc2ncc(Br)cc2[N+](=O)[O-])cc1. The summed E-state index contributed by atoms with van der Waals surface area (Å²) in [6.07, 6.45) is 3.09. The second-order valence-electron chi connectivity index (χ2n) is 4.98. The van der Waals surface area contributed by atoms with E-state index in [0.29, 0.717) is 16.6 Å². The maximum atomic E-state index is 11.2. The van der Waals surface area contributed by atoms with Crippen molar-refractivity contribution < 1.29 is 13.3 Å². The summed E-state index contributed by atoms with van der Waals surface area (Å²) in [6.45, 7) is 0. The average molecular weight is 400 g/mol. The molecule has 122 valence electrons. The molecule has 0 spiro atoms. The zero-order chi connectivity index (χ0) is 17.0. The summed E-state index contributed by atoms with van der Waals surface area (Å²) in [4.78, 5) is 14.5. The Morgan fingerprint density at radius 1 is 1.30 bits per heavy atom. The molecule has 0 fully saturated rings. The number of anilines is 2. The highest BCUT2D eigenvalue weighted by Gasteiger charge is 2.16. The molecule has 7 nitrogen and oxygen atoms in total. The molecule has 0 unspecified atom stereocenters. The number of aryl methyl sites for hydroxylation is 1. The van der Waals surface area contributed by atoms with E-state index in [1.54, 1.807) is 24.3 Å². The zero-order valence-corrected chi connectivity index (χ0v) is 14.6. The molecule has 2 aromatic rings. The Kier molecular flexibility index (Phi) is 5.32. The third-order valence-corrected chi connectivity index (χ3v) is 4.39. The van der Waals surface area contributed by atoms with Crippen molar-refractivity contribution in [2.75, 3.05) is 17.3 Å². The second kappa shape index (κ2) is 7.05. The number of hydrogen-bond donors (Lipinski definition) is 1. The number of hydrogen-bond acceptors (Lipinski definition) is 6. The average Bonchev–Trinajstić information content (AvgIpc) is 2.47. The predicted molar refractivity (Wildman–Crippen MR) is 91.7 cm³/mol. The van der Waals surface area contributed by atoms with Crippen molar-refractivity contribution in [3.05, 3.63) is 56.7 Å². The minimum atomic E-state index is -3.01. The van der Waals surface area contributed by atoms with Crippen LogP contribution in [0, 0.1) is 10.1 Å². The van der Waals surface area contributed by atoms with Gasteiger partial charge < -0.3 is 5.32 Å². The van der Waals surface area contributed by atoms with Gasteiger partial charge in [0, 0.05) is 28.7 Å². The Balaban J connectivity index is 2.14. The van der Waals surface area contributed by atoms with Gasteiger partial charge in [0.05, 0.1) is 10.7 Å². The number of sulfone groups is 1. The van der Waals surface area contributed by atoms with Crippen LogP contribution in [0.25, 0.3) is 0 Å². The Morgan fingerprint density at radius 2 is 1.96 bits per heavy atom. The summed E-state index contributed by atoms with van der Waals surface area (Å²) in [7, 11) is -3.01. The van der Waals surface area contributed by atoms with Gasteiger partial charge in [0.2, 0.25) is 5.82 Å². The van der Waals surface area contributed by atoms with Gasteiger partial charge in [0.15, 0.2) is 0 Å². The number of rotatable bonds is 6. The first-order valence-electron chi connectivity index (χ1n) is 6.58. The molecule has 0 aliphatic rings. The summed E-state index contributed by atoms with van der Waals surface area (Å²) in [5.41, 5.74) is 1.37. The molecular weight excluding hydrogens is 386 g/mol. The summed E-state index contributed by atoms with van der Waals surface area (Å²) >= 11 is 3.15. The normalized spacial score (nSPS) is 11.2. The van der Waals surface area contributed by atoms with E-state index in [9.17, 15) is 18.5 Å². The van der Waals surface area contributed by atoms with Crippen LogP contribution in [0.2, 0.25) is 0 Å². The van der Waals surface area contributed by atoms with Crippen molar-refractivity contribution in [1.29, 1.82) is 0 Å². The van der Waals surface area contributed by atoms with Crippen LogP contribution in [0.15, 0.2) is 41.0 Å². The Bertz CT molecular complexity index is 822. The molecule has 9 heteroatoms. The minimum absolute atomic E-state index is 0.0829. The van der Waals surface area contributed by atoms with E-state index in [0.717, 1.165) is 5.56 Å². The van der Waals surface area contributed by atoms with Gasteiger partial charge in [-0.25, -0.2) is 13.4 Å². The van der Waals surface area contributed by atoms with E-state index in [1.165, 1.54) is 18.5 Å². The van der Waals surface area contributed by atoms with Gasteiger partial charge in [-0.05, 0) is 40.0 Å². The lowest BCUT2D eigenvalue weighted by Gasteiger charge is -2.07. The van der Waals surface area contributed by atoms with E-state index >= 15 is 0 Å². The van der Waals surface area contributed by atoms with Crippen molar-refractivity contribution in [2.45, 2.75) is 6.42 Å². The number of nitrogens with one attached hydrogen (secondary N) is 1. The standard InChI is InChI=1S/C14H14BrN3O4S/c1-23(21,22)7-6-10-2-4-12(5-3-10)17-14-13(18(19)20)8-11(15)9-16-14/h2-5,8-9H,6-7H2,1H3,(H,16,17). The maximum Gasteiger partial charge on any atom is 0.312 e. The van der Waals surface area contributed by atoms with Crippen molar-refractivity contribution in [3.63, 3.8) is 0 Å². The Labute approximate surface area is 141 Å². The van der Waals surface area contributed by atoms with Crippen LogP contribution in [0.4, 0.5) is 17.2 Å². The number of benzene rings is 1. The zero-order valence-electron chi connectivity index (χ0n) is 12.2. The van der Waals surface area contributed by atoms with Crippen LogP contribution < -0.4 is 5.32 Å². The smallest absolute Gasteiger partial charge is 0.312 e. The largest absolute Gasteiger partial charge is 0.334 e. The number of nitrogens with zero attached hydrogens (tertiary/aromatic N) is 2. The molecule has 0 aliphatic carbocycles. The van der Waals surface area contributed by atoms with Crippen LogP contribution in [-0.2, 0) is 16.3 Å². The summed E-state index contributed by atoms with van der Waals surface area (Å²) in [6, 6.07) is 8.38. The molecular formula is C14H14BrN3O4S. The highest BCUT2D eigenvalue weighted by Crippen LogP contribution is 2.28. The van der Waals surface area contributed by atoms with Crippen LogP contribution in [0.1, 0.15) is 5.56 Å². The summed E-state index contributed by atoms with van der Waals surface area (Å²) in [5.74, 6) is 0.224. The molecule has 1 heterocycles. The van der Waals surface area contributed by atoms with E-state index in [2.05, 4.69) is 26.2 Å². The van der Waals surface area contributed by atoms with E-state index < -0.39 is 14.8 Å². The van der Waals surface area contributed by atoms with Gasteiger partial charge >= 0.3 is 5.69 Å². The first-order valence-corrected chi connectivity index (χ1v) is 9.43. The molecule has 1 aromatic carbocycles. The molecule has 0 saturated carbocycles. The first-order chi connectivity index (χ1) is 10.7. The van der Waals surface area contributed by atoms with E-state index in [1.807, 2.05) is 0 Å². The fourth-order valence-electron chi connectivity index (χ4n) is 1.86. The van der Waals surface area contributed by atoms with Crippen LogP contribution in [-0.4, -0.2) is 30.3 Å². The van der Waals surface area contributed by atoms with Crippen LogP contribution in [0.5, 0.6) is 0 Å². The molecule has 1 aromatic heterocycles. The first kappa shape index (κ1) is 17.4. The minimum Gasteiger partial charge on any atom is -0.334 e. The number of aromatic nitrogens is 1. The van der Waals surface area contributed by atoms with Gasteiger partial charge in [-0.3, -0.25) is 10.1 Å². The van der Waals surface area contributed by atoms with Crippen LogP contribution in [0.3, 0.4) is 0 Å². The summed E-state index contributed by atoms with van der Waals surface area (Å²) in [5, 5.41) is 13.9. The number of pyridine rings is 1. The highest BCUT2D eigenvalue weighted by molar-refractivity contribution is 9.10. The fraction of sp³-hybridized carbons (Fsp3) is 0.214. The van der Waals surface area contributed by atoms with Crippen molar-refractivity contribution >= 4 is 43.0 Å². The van der Waals surface area contributed by atoms with Gasteiger partial charge in [-0.15, -0.1) is 0 Å². The molecule has 0 saturated heterocycles. The van der Waals surface area contributed by atoms with Crippen molar-refractivity contribution in [1.82, 2.24) is 4.98 Å². The Morgan fingerprint density at radius 3 is 2.52 bits per heavy atom. The quantitative estimate of drug-likeness (QED) is 0.591. The molecule has 0 bridgehead atoms. The van der Waals surface area contributed by atoms with E-state index in [4.69, 9.17) is 0 Å². The maximum absolute atomic E-state index is 11.2. The molecule has 0 aliphatic heterocycles. The lowest BCUT2D eigenvalue weighted by atomic mass is 10.1. The predicted octanol–water partition coefficient (Wildman–Crippen LogP) is 3.08. The molecule has 0 atom stereocenters. The highest BCUT2D eigenvalue weighted by atomic mass is 79.9. The van der Waals surface area contributed by atoms with Crippen LogP contribution >= 0.6 is 15.9 Å². The van der Waals surface area contributed by atoms with Gasteiger partial charge in [-0.1, -0.05) is 12.1 Å². The van der Waals surface area contributed by atoms with Gasteiger partial charge in [0.25, 0.3) is 0 Å². The number of nitro groups is 1. The molecule has 23 heavy (non-hydrogen) atoms. The van der Waals surface area contributed by atoms with Gasteiger partial charge in [-0.2, -0.15) is 0 Å². The molecule has 0 radical (unpaired) electrons. The Hall–Kier alpha value is -2.00.